The first-order chi connectivity index (χ1) is 17.3. The smallest absolute Gasteiger partial charge is 0.272 e. The molecule has 0 atom stereocenters. The molecule has 0 fully saturated rings. The van der Waals surface area contributed by atoms with E-state index < -0.39 is 0 Å². The molecule has 0 spiro atoms. The highest BCUT2D eigenvalue weighted by molar-refractivity contribution is 6.02. The van der Waals surface area contributed by atoms with Crippen molar-refractivity contribution in [3.63, 3.8) is 0 Å². The van der Waals surface area contributed by atoms with E-state index in [4.69, 9.17) is 4.98 Å². The third-order valence-electron chi connectivity index (χ3n) is 7.12. The maximum atomic E-state index is 14.0. The Kier molecular flexibility index (Phi) is 5.25. The number of aryl methyl sites for hydroxylation is 1. The summed E-state index contributed by atoms with van der Waals surface area (Å²) in [7, 11) is 0. The molecule has 0 bridgehead atoms. The van der Waals surface area contributed by atoms with Gasteiger partial charge in [0, 0.05) is 30.5 Å². The maximum absolute atomic E-state index is 14.0. The highest BCUT2D eigenvalue weighted by Crippen LogP contribution is 2.32. The van der Waals surface area contributed by atoms with Gasteiger partial charge in [0.2, 0.25) is 0 Å². The van der Waals surface area contributed by atoms with E-state index in [1.807, 2.05) is 22.8 Å². The molecule has 6 rings (SSSR count). The minimum Gasteiger partial charge on any atom is -0.370 e. The van der Waals surface area contributed by atoms with Crippen molar-refractivity contribution in [2.45, 2.75) is 52.1 Å². The zero-order chi connectivity index (χ0) is 25.0. The van der Waals surface area contributed by atoms with E-state index in [0.29, 0.717) is 18.8 Å². The summed E-state index contributed by atoms with van der Waals surface area (Å²) in [5.41, 5.74) is 5.23. The van der Waals surface area contributed by atoms with Gasteiger partial charge in [-0.15, -0.1) is 0 Å². The van der Waals surface area contributed by atoms with Crippen LogP contribution >= 0.6 is 0 Å². The number of allylic oxidation sites excluding steroid dienone is 1. The van der Waals surface area contributed by atoms with Crippen LogP contribution in [0.5, 0.6) is 0 Å². The second-order valence-electron chi connectivity index (χ2n) is 10.7. The van der Waals surface area contributed by atoms with Gasteiger partial charge in [0.05, 0.1) is 11.4 Å². The molecule has 0 saturated heterocycles. The largest absolute Gasteiger partial charge is 0.370 e. The molecule has 36 heavy (non-hydrogen) atoms. The minimum absolute atomic E-state index is 0.0382. The molecule has 2 aromatic heterocycles. The number of rotatable bonds is 4. The fourth-order valence-corrected chi connectivity index (χ4v) is 5.19. The van der Waals surface area contributed by atoms with Crippen molar-refractivity contribution < 1.29 is 9.18 Å². The number of hydrogen-bond donors (Lipinski definition) is 2. The van der Waals surface area contributed by atoms with Crippen molar-refractivity contribution in [1.29, 1.82) is 0 Å². The lowest BCUT2D eigenvalue weighted by Gasteiger charge is -2.19. The van der Waals surface area contributed by atoms with Crippen molar-refractivity contribution in [2.24, 2.45) is 0 Å². The van der Waals surface area contributed by atoms with E-state index in [0.717, 1.165) is 58.9 Å². The predicted octanol–water partition coefficient (Wildman–Crippen LogP) is 5.47. The molecule has 7 heteroatoms. The van der Waals surface area contributed by atoms with Crippen LogP contribution in [0.4, 0.5) is 10.2 Å². The van der Waals surface area contributed by atoms with E-state index in [1.165, 1.54) is 17.7 Å². The summed E-state index contributed by atoms with van der Waals surface area (Å²) in [4.78, 5) is 18.5. The van der Waals surface area contributed by atoms with E-state index >= 15 is 0 Å². The van der Waals surface area contributed by atoms with E-state index in [9.17, 15) is 9.18 Å². The van der Waals surface area contributed by atoms with Gasteiger partial charge >= 0.3 is 0 Å². The van der Waals surface area contributed by atoms with Crippen molar-refractivity contribution in [3.8, 4) is 0 Å². The number of carbonyl (C=O) groups excluding carboxylic acids is 1. The van der Waals surface area contributed by atoms with Crippen molar-refractivity contribution in [2.75, 3.05) is 11.9 Å². The molecule has 1 amide bonds. The zero-order valence-corrected chi connectivity index (χ0v) is 20.9. The molecule has 0 saturated carbocycles. The number of anilines is 1. The first-order valence-electron chi connectivity index (χ1n) is 12.5. The average Bonchev–Trinajstić information content (AvgIpc) is 3.51. The zero-order valence-electron chi connectivity index (χ0n) is 20.9. The molecule has 184 valence electrons. The van der Waals surface area contributed by atoms with Gasteiger partial charge in [-0.1, -0.05) is 45.0 Å². The van der Waals surface area contributed by atoms with Crippen LogP contribution in [0, 0.1) is 5.82 Å². The van der Waals surface area contributed by atoms with Crippen LogP contribution in [0.2, 0.25) is 0 Å². The Bertz CT molecular complexity index is 1540. The number of nitrogens with zero attached hydrogens (tertiary/aromatic N) is 3. The van der Waals surface area contributed by atoms with Gasteiger partial charge in [0.25, 0.3) is 5.91 Å². The Morgan fingerprint density at radius 2 is 2.03 bits per heavy atom. The van der Waals surface area contributed by atoms with E-state index in [1.54, 1.807) is 6.07 Å². The van der Waals surface area contributed by atoms with Crippen molar-refractivity contribution >= 4 is 28.3 Å². The summed E-state index contributed by atoms with van der Waals surface area (Å²) in [5.74, 6) is 1.37. The van der Waals surface area contributed by atoms with Gasteiger partial charge in [-0.3, -0.25) is 4.79 Å². The fourth-order valence-electron chi connectivity index (χ4n) is 5.19. The molecule has 0 radical (unpaired) electrons. The highest BCUT2D eigenvalue weighted by atomic mass is 19.1. The number of benzene rings is 2. The van der Waals surface area contributed by atoms with Crippen LogP contribution in [0.15, 0.2) is 54.6 Å². The second kappa shape index (κ2) is 8.36. The monoisotopic (exact) mass is 483 g/mol. The summed E-state index contributed by atoms with van der Waals surface area (Å²) in [6, 6.07) is 14.8. The van der Waals surface area contributed by atoms with Crippen LogP contribution in [-0.4, -0.2) is 26.6 Å². The maximum Gasteiger partial charge on any atom is 0.272 e. The highest BCUT2D eigenvalue weighted by Gasteiger charge is 2.27. The Balaban J connectivity index is 1.39. The Labute approximate surface area is 209 Å². The molecular formula is C29H30FN5O. The Morgan fingerprint density at radius 1 is 1.17 bits per heavy atom. The number of aromatic nitrogens is 3. The molecular weight excluding hydrogens is 453 g/mol. The number of imidazole rings is 1. The number of carbonyl (C=O) groups is 1. The van der Waals surface area contributed by atoms with E-state index in [-0.39, 0.29) is 17.1 Å². The average molecular weight is 484 g/mol. The molecule has 2 aromatic carbocycles. The van der Waals surface area contributed by atoms with Crippen LogP contribution in [0.1, 0.15) is 60.3 Å². The van der Waals surface area contributed by atoms with Gasteiger partial charge in [0.1, 0.15) is 17.3 Å². The lowest BCUT2D eigenvalue weighted by molar-refractivity contribution is 0.0965. The van der Waals surface area contributed by atoms with Crippen molar-refractivity contribution in [3.05, 3.63) is 88.8 Å². The summed E-state index contributed by atoms with van der Waals surface area (Å²) >= 11 is 0. The Hall–Kier alpha value is -3.87. The van der Waals surface area contributed by atoms with Crippen LogP contribution in [0.25, 0.3) is 16.6 Å². The lowest BCUT2D eigenvalue weighted by Crippen LogP contribution is -2.25. The normalized spacial score (nSPS) is 14.8. The summed E-state index contributed by atoms with van der Waals surface area (Å²) in [6.45, 7) is 8.53. The van der Waals surface area contributed by atoms with Crippen molar-refractivity contribution in [1.82, 2.24) is 19.4 Å². The third-order valence-corrected chi connectivity index (χ3v) is 7.12. The first-order valence-corrected chi connectivity index (χ1v) is 12.5. The second-order valence-corrected chi connectivity index (χ2v) is 10.7. The number of halogens is 1. The van der Waals surface area contributed by atoms with E-state index in [2.05, 4.69) is 54.2 Å². The quantitative estimate of drug-likeness (QED) is 0.405. The van der Waals surface area contributed by atoms with Gasteiger partial charge in [-0.25, -0.2) is 9.37 Å². The number of fused-ring (bicyclic) bond motifs is 4. The molecule has 2 aliphatic rings. The minimum atomic E-state index is -0.286. The SMILES string of the molecule is CC(C)(C)c1ccc2cc(C(=O)NC3=CCn4c3nc3c4NCCC3)n(Cc3cccc(F)c3)c2c1. The number of amides is 1. The molecule has 2 aliphatic heterocycles. The molecule has 2 N–H and O–H groups in total. The molecule has 4 aromatic rings. The number of hydrogen-bond acceptors (Lipinski definition) is 3. The van der Waals surface area contributed by atoms with Gasteiger partial charge in [-0.05, 0) is 59.7 Å². The summed E-state index contributed by atoms with van der Waals surface area (Å²) in [5, 5.41) is 7.54. The molecule has 0 aliphatic carbocycles. The molecule has 4 heterocycles. The van der Waals surface area contributed by atoms with Crippen LogP contribution in [-0.2, 0) is 24.9 Å². The van der Waals surface area contributed by atoms with Gasteiger partial charge < -0.3 is 19.8 Å². The standard InChI is InChI=1S/C29H30FN5O/c1-29(2,3)20-10-9-19-15-25(35(24(19)16-20)17-18-6-4-7-21(30)14-18)28(36)33-23-11-13-34-26-22(32-27(23)34)8-5-12-31-26/h4,6-7,9-11,14-16,31H,5,8,12-13,17H2,1-3H3,(H,33,36). The Morgan fingerprint density at radius 3 is 2.83 bits per heavy atom. The van der Waals surface area contributed by atoms with Crippen LogP contribution < -0.4 is 10.6 Å². The fraction of sp³-hybridized carbons (Fsp3) is 0.310. The van der Waals surface area contributed by atoms with Crippen LogP contribution in [0.3, 0.4) is 0 Å². The van der Waals surface area contributed by atoms with Gasteiger partial charge in [-0.2, -0.15) is 0 Å². The van der Waals surface area contributed by atoms with Gasteiger partial charge in [0.15, 0.2) is 5.82 Å². The number of nitrogens with one attached hydrogen (secondary N) is 2. The lowest BCUT2D eigenvalue weighted by atomic mass is 9.87. The summed E-state index contributed by atoms with van der Waals surface area (Å²) < 4.78 is 18.1. The molecule has 0 unspecified atom stereocenters. The summed E-state index contributed by atoms with van der Waals surface area (Å²) in [6.07, 6.45) is 4.02. The topological polar surface area (TPSA) is 63.9 Å². The third kappa shape index (κ3) is 3.88. The molecule has 6 nitrogen and oxygen atoms in total. The predicted molar refractivity (Wildman–Crippen MR) is 141 cm³/mol. The first kappa shape index (κ1) is 22.6.